The molecule has 0 unspecified atom stereocenters. The van der Waals surface area contributed by atoms with Gasteiger partial charge in [-0.3, -0.25) is 4.79 Å². The molecule has 28 heavy (non-hydrogen) atoms. The van der Waals surface area contributed by atoms with Crippen LogP contribution >= 0.6 is 11.8 Å². The van der Waals surface area contributed by atoms with Crippen molar-refractivity contribution in [2.24, 2.45) is 0 Å². The Balaban J connectivity index is 2.24. The fourth-order valence-corrected chi connectivity index (χ4v) is 3.63. The summed E-state index contributed by atoms with van der Waals surface area (Å²) in [5.74, 6) is -0.0605. The third-order valence-corrected chi connectivity index (χ3v) is 4.97. The molecule has 0 aromatic heterocycles. The topological polar surface area (TPSA) is 52.6 Å². The molecule has 5 heteroatoms. The molecule has 0 fully saturated rings. The van der Waals surface area contributed by atoms with E-state index in [9.17, 15) is 9.59 Å². The molecule has 0 aliphatic rings. The first-order valence-electron chi connectivity index (χ1n) is 8.71. The van der Waals surface area contributed by atoms with E-state index in [-0.39, 0.29) is 0 Å². The van der Waals surface area contributed by atoms with E-state index in [0.29, 0.717) is 32.7 Å². The lowest BCUT2D eigenvalue weighted by Crippen LogP contribution is -2.10. The van der Waals surface area contributed by atoms with Crippen molar-refractivity contribution < 1.29 is 19.1 Å². The average molecular weight is 392 g/mol. The first-order valence-corrected chi connectivity index (χ1v) is 9.53. The van der Waals surface area contributed by atoms with E-state index in [2.05, 4.69) is 6.58 Å². The summed E-state index contributed by atoms with van der Waals surface area (Å²) in [5.41, 5.74) is 1.31. The predicted molar refractivity (Wildman–Crippen MR) is 111 cm³/mol. The first kappa shape index (κ1) is 19.7. The number of carbonyl (C=O) groups is 2. The van der Waals surface area contributed by atoms with Crippen molar-refractivity contribution >= 4 is 34.5 Å². The largest absolute Gasteiger partial charge is 0.426 e. The van der Waals surface area contributed by atoms with Gasteiger partial charge < -0.3 is 9.47 Å². The monoisotopic (exact) mass is 392 g/mol. The number of rotatable bonds is 5. The van der Waals surface area contributed by atoms with Crippen LogP contribution in [0.2, 0.25) is 0 Å². The number of benzene rings is 3. The summed E-state index contributed by atoms with van der Waals surface area (Å²) < 4.78 is 11.2. The molecular weight excluding hydrogens is 372 g/mol. The second-order valence-electron chi connectivity index (χ2n) is 6.43. The van der Waals surface area contributed by atoms with Gasteiger partial charge in [-0.15, -0.1) is 0 Å². The van der Waals surface area contributed by atoms with Crippen molar-refractivity contribution in [3.05, 3.63) is 72.3 Å². The van der Waals surface area contributed by atoms with E-state index in [1.54, 1.807) is 13.0 Å². The predicted octanol–water partition coefficient (Wildman–Crippen LogP) is 5.71. The Morgan fingerprint density at radius 1 is 0.929 bits per heavy atom. The molecule has 0 spiro atoms. The Morgan fingerprint density at radius 2 is 1.64 bits per heavy atom. The highest BCUT2D eigenvalue weighted by Crippen LogP contribution is 2.44. The summed E-state index contributed by atoms with van der Waals surface area (Å²) >= 11 is 1.43. The highest BCUT2D eigenvalue weighted by Gasteiger charge is 2.19. The lowest BCUT2D eigenvalue weighted by atomic mass is 10.1. The Morgan fingerprint density at radius 3 is 2.29 bits per heavy atom. The minimum Gasteiger partial charge on any atom is -0.426 e. The maximum absolute atomic E-state index is 12.3. The SMILES string of the molecule is C=C(C)C(=O)Oc1c(Sc2ccccc2)cc(OC(C)=O)c2cc(C)ccc12. The Labute approximate surface area is 168 Å². The average Bonchev–Trinajstić information content (AvgIpc) is 2.64. The van der Waals surface area contributed by atoms with Crippen molar-refractivity contribution in [2.45, 2.75) is 30.6 Å². The van der Waals surface area contributed by atoms with Gasteiger partial charge in [0.2, 0.25) is 0 Å². The van der Waals surface area contributed by atoms with Gasteiger partial charge in [-0.1, -0.05) is 54.2 Å². The van der Waals surface area contributed by atoms with Gasteiger partial charge >= 0.3 is 11.9 Å². The van der Waals surface area contributed by atoms with Gasteiger partial charge in [0, 0.05) is 28.2 Å². The molecule has 3 aromatic rings. The Bertz CT molecular complexity index is 1070. The third kappa shape index (κ3) is 4.43. The van der Waals surface area contributed by atoms with Gasteiger partial charge in [0.1, 0.15) is 5.75 Å². The second kappa shape index (κ2) is 8.31. The third-order valence-electron chi connectivity index (χ3n) is 3.94. The van der Waals surface area contributed by atoms with Gasteiger partial charge in [-0.2, -0.15) is 0 Å². The van der Waals surface area contributed by atoms with E-state index in [1.807, 2.05) is 55.5 Å². The van der Waals surface area contributed by atoms with Crippen LogP contribution in [-0.2, 0) is 9.59 Å². The number of hydrogen-bond donors (Lipinski definition) is 0. The molecule has 0 bridgehead atoms. The van der Waals surface area contributed by atoms with Crippen LogP contribution < -0.4 is 9.47 Å². The Hall–Kier alpha value is -3.05. The van der Waals surface area contributed by atoms with Crippen LogP contribution in [0.4, 0.5) is 0 Å². The normalized spacial score (nSPS) is 10.5. The van der Waals surface area contributed by atoms with Crippen molar-refractivity contribution in [1.82, 2.24) is 0 Å². The van der Waals surface area contributed by atoms with Crippen LogP contribution in [0.15, 0.2) is 76.5 Å². The minimum absolute atomic E-state index is 0.306. The lowest BCUT2D eigenvalue weighted by Gasteiger charge is -2.16. The highest BCUT2D eigenvalue weighted by atomic mass is 32.2. The molecule has 0 aliphatic heterocycles. The van der Waals surface area contributed by atoms with Crippen molar-refractivity contribution in [2.75, 3.05) is 0 Å². The quantitative estimate of drug-likeness (QED) is 0.316. The van der Waals surface area contributed by atoms with Crippen molar-refractivity contribution in [3.8, 4) is 11.5 Å². The number of ether oxygens (including phenoxy) is 2. The zero-order chi connectivity index (χ0) is 20.3. The van der Waals surface area contributed by atoms with Gasteiger partial charge in [0.05, 0.1) is 4.90 Å². The summed E-state index contributed by atoms with van der Waals surface area (Å²) in [7, 11) is 0. The molecule has 3 rings (SSSR count). The molecule has 142 valence electrons. The van der Waals surface area contributed by atoms with Gasteiger partial charge in [0.25, 0.3) is 0 Å². The Kier molecular flexibility index (Phi) is 5.85. The molecule has 0 atom stereocenters. The first-order chi connectivity index (χ1) is 13.3. The number of hydrogen-bond acceptors (Lipinski definition) is 5. The van der Waals surface area contributed by atoms with Gasteiger partial charge in [-0.05, 0) is 38.1 Å². The van der Waals surface area contributed by atoms with E-state index in [0.717, 1.165) is 10.5 Å². The van der Waals surface area contributed by atoms with Crippen LogP contribution in [0.3, 0.4) is 0 Å². The summed E-state index contributed by atoms with van der Waals surface area (Å²) in [6.45, 7) is 8.58. The van der Waals surface area contributed by atoms with Gasteiger partial charge in [-0.25, -0.2) is 4.79 Å². The standard InChI is InChI=1S/C23H20O4S/c1-14(2)23(25)27-22-18-11-10-15(3)12-19(18)20(26-16(4)24)13-21(22)28-17-8-6-5-7-9-17/h5-13H,1H2,2-4H3. The zero-order valence-corrected chi connectivity index (χ0v) is 16.8. The molecule has 0 heterocycles. The molecule has 0 aliphatic carbocycles. The highest BCUT2D eigenvalue weighted by molar-refractivity contribution is 7.99. The fourth-order valence-electron chi connectivity index (χ4n) is 2.67. The summed E-state index contributed by atoms with van der Waals surface area (Å²) in [4.78, 5) is 25.6. The second-order valence-corrected chi connectivity index (χ2v) is 7.54. The summed E-state index contributed by atoms with van der Waals surface area (Å²) in [6.07, 6.45) is 0. The fraction of sp³-hybridized carbons (Fsp3) is 0.130. The molecule has 0 saturated carbocycles. The van der Waals surface area contributed by atoms with E-state index in [1.165, 1.54) is 18.7 Å². The van der Waals surface area contributed by atoms with Crippen LogP contribution in [0.25, 0.3) is 10.8 Å². The lowest BCUT2D eigenvalue weighted by molar-refractivity contribution is -0.132. The maximum Gasteiger partial charge on any atom is 0.338 e. The summed E-state index contributed by atoms with van der Waals surface area (Å²) in [5, 5.41) is 1.40. The molecular formula is C23H20O4S. The van der Waals surface area contributed by atoms with E-state index >= 15 is 0 Å². The molecule has 3 aromatic carbocycles. The number of carbonyl (C=O) groups excluding carboxylic acids is 2. The van der Waals surface area contributed by atoms with Crippen molar-refractivity contribution in [1.29, 1.82) is 0 Å². The molecule has 0 saturated heterocycles. The van der Waals surface area contributed by atoms with Crippen LogP contribution in [0, 0.1) is 6.92 Å². The van der Waals surface area contributed by atoms with Crippen LogP contribution in [-0.4, -0.2) is 11.9 Å². The maximum atomic E-state index is 12.3. The smallest absolute Gasteiger partial charge is 0.338 e. The molecule has 4 nitrogen and oxygen atoms in total. The van der Waals surface area contributed by atoms with Crippen LogP contribution in [0.5, 0.6) is 11.5 Å². The minimum atomic E-state index is -0.503. The number of fused-ring (bicyclic) bond motifs is 1. The van der Waals surface area contributed by atoms with Crippen LogP contribution in [0.1, 0.15) is 19.4 Å². The molecule has 0 amide bonds. The van der Waals surface area contributed by atoms with Gasteiger partial charge in [0.15, 0.2) is 5.75 Å². The molecule has 0 radical (unpaired) electrons. The summed E-state index contributed by atoms with van der Waals surface area (Å²) in [6, 6.07) is 17.1. The number of esters is 2. The van der Waals surface area contributed by atoms with Crippen molar-refractivity contribution in [3.63, 3.8) is 0 Å². The zero-order valence-electron chi connectivity index (χ0n) is 15.9. The van der Waals surface area contributed by atoms with E-state index < -0.39 is 11.9 Å². The van der Waals surface area contributed by atoms with E-state index in [4.69, 9.17) is 9.47 Å². The molecule has 0 N–H and O–H groups in total. The number of aryl methyl sites for hydroxylation is 1.